The molecule has 0 aliphatic rings. The zero-order valence-corrected chi connectivity index (χ0v) is 75.6. The summed E-state index contributed by atoms with van der Waals surface area (Å²) in [5, 5.41) is 10.2. The molecule has 0 fully saturated rings. The van der Waals surface area contributed by atoms with Crippen molar-refractivity contribution in [3.63, 3.8) is 0 Å². The molecule has 19 aromatic carbocycles. The number of aromatic nitrogens is 8. The number of benzene rings is 19. The lowest BCUT2D eigenvalue weighted by molar-refractivity contribution is 0.653. The van der Waals surface area contributed by atoms with Crippen molar-refractivity contribution in [2.24, 2.45) is 0 Å². The van der Waals surface area contributed by atoms with E-state index < -0.39 is 0 Å². The van der Waals surface area contributed by atoms with Crippen LogP contribution in [0, 0.1) is 0 Å². The highest BCUT2D eigenvalue weighted by molar-refractivity contribution is 6.16. The Balaban J connectivity index is 0.000000102. The van der Waals surface area contributed by atoms with E-state index in [0.717, 1.165) is 194 Å². The summed E-state index contributed by atoms with van der Waals surface area (Å²) in [6.45, 7) is 0. The molecular weight excluding hydrogens is 1710 g/mol. The van der Waals surface area contributed by atoms with Gasteiger partial charge < -0.3 is 17.7 Å². The lowest BCUT2D eigenvalue weighted by atomic mass is 9.94. The van der Waals surface area contributed by atoms with Gasteiger partial charge in [0.25, 0.3) is 0 Å². The van der Waals surface area contributed by atoms with Gasteiger partial charge in [-0.2, -0.15) is 19.9 Å². The van der Waals surface area contributed by atoms with Gasteiger partial charge in [-0.25, -0.2) is 19.9 Å². The van der Waals surface area contributed by atoms with E-state index in [0.29, 0.717) is 46.2 Å². The molecule has 0 N–H and O–H groups in total. The van der Waals surface area contributed by atoms with Gasteiger partial charge in [0.15, 0.2) is 23.3 Å². The molecule has 8 aromatic heterocycles. The third kappa shape index (κ3) is 16.8. The van der Waals surface area contributed by atoms with Crippen LogP contribution in [-0.4, -0.2) is 39.9 Å². The Bertz CT molecular complexity index is 9100. The molecule has 0 amide bonds. The predicted molar refractivity (Wildman–Crippen MR) is 571 cm³/mol. The molecule has 0 radical (unpaired) electrons. The van der Waals surface area contributed by atoms with Crippen LogP contribution in [0.25, 0.3) is 256 Å². The maximum atomic E-state index is 6.26. The number of rotatable bonds is 14. The van der Waals surface area contributed by atoms with Crippen LogP contribution >= 0.6 is 0 Å². The number of para-hydroxylation sites is 4. The highest BCUT2D eigenvalue weighted by atomic mass is 16.4. The van der Waals surface area contributed by atoms with Gasteiger partial charge in [-0.1, -0.05) is 425 Å². The Morgan fingerprint density at radius 1 is 0.129 bits per heavy atom. The van der Waals surface area contributed by atoms with Crippen LogP contribution in [0.3, 0.4) is 0 Å². The van der Waals surface area contributed by atoms with Crippen molar-refractivity contribution in [3.8, 4) is 157 Å². The second kappa shape index (κ2) is 37.4. The second-order valence-corrected chi connectivity index (χ2v) is 34.3. The van der Waals surface area contributed by atoms with Gasteiger partial charge in [0, 0.05) is 66.1 Å². The Morgan fingerprint density at radius 2 is 0.350 bits per heavy atom. The zero-order chi connectivity index (χ0) is 93.0. The Labute approximate surface area is 805 Å². The predicted octanol–water partition coefficient (Wildman–Crippen LogP) is 34.0. The SMILES string of the molecule is c1ccc(-c2cc(-c3ccccc3)cc(-c3nc(-c4ccccc4)c4c(n3)oc3ccccc34)c2)cc1.c1ccc(-c2cc(-c3ccccc3)cc(-c3nc(-c4ccccc4)nc4oc5ccccc5c34)c2)cc1.c1ccc(-c2cccc(-c3nc(-c4cccc(-c5ccccc5)c4)c4c(n3)oc3ccccc34)c2)cc1.c1ccc(-c2nc(-c3cccc4ccccc34)c3c(n2)oc2ccccc23)cc1. The topological polar surface area (TPSA) is 156 Å². The molecular formula is C128H82N8O4. The van der Waals surface area contributed by atoms with Gasteiger partial charge in [0.05, 0.1) is 44.3 Å². The molecule has 12 heteroatoms. The van der Waals surface area contributed by atoms with Crippen molar-refractivity contribution in [3.05, 3.63) is 497 Å². The summed E-state index contributed by atoms with van der Waals surface area (Å²) in [6.07, 6.45) is 0. The van der Waals surface area contributed by atoms with Crippen molar-refractivity contribution < 1.29 is 17.7 Å². The van der Waals surface area contributed by atoms with Gasteiger partial charge in [0.2, 0.25) is 22.9 Å². The molecule has 0 unspecified atom stereocenters. The minimum atomic E-state index is 0.594. The fourth-order valence-electron chi connectivity index (χ4n) is 18.7. The first kappa shape index (κ1) is 84.0. The molecule has 0 spiro atoms. The van der Waals surface area contributed by atoms with Crippen LogP contribution in [0.4, 0.5) is 0 Å². The quantitative estimate of drug-likeness (QED) is 0.102. The van der Waals surface area contributed by atoms with E-state index >= 15 is 0 Å². The van der Waals surface area contributed by atoms with E-state index in [1.807, 2.05) is 188 Å². The number of hydrogen-bond donors (Lipinski definition) is 0. The molecule has 27 aromatic rings. The maximum absolute atomic E-state index is 6.26. The van der Waals surface area contributed by atoms with E-state index in [9.17, 15) is 0 Å². The average molecular weight is 1800 g/mol. The van der Waals surface area contributed by atoms with Crippen molar-refractivity contribution >= 4 is 99.0 Å². The molecule has 0 saturated heterocycles. The minimum absolute atomic E-state index is 0.594. The van der Waals surface area contributed by atoms with Crippen LogP contribution in [0.1, 0.15) is 0 Å². The lowest BCUT2D eigenvalue weighted by Crippen LogP contribution is -1.95. The first-order chi connectivity index (χ1) is 69.4. The molecule has 27 rings (SSSR count). The number of fused-ring (bicyclic) bond motifs is 13. The first-order valence-corrected chi connectivity index (χ1v) is 46.6. The summed E-state index contributed by atoms with van der Waals surface area (Å²) in [4.78, 5) is 40.0. The van der Waals surface area contributed by atoms with Gasteiger partial charge >= 0.3 is 0 Å². The van der Waals surface area contributed by atoms with E-state index in [2.05, 4.69) is 309 Å². The third-order valence-corrected chi connectivity index (χ3v) is 25.4. The summed E-state index contributed by atoms with van der Waals surface area (Å²) in [5.74, 6) is 2.60. The van der Waals surface area contributed by atoms with Crippen LogP contribution in [0.2, 0.25) is 0 Å². The highest BCUT2D eigenvalue weighted by Crippen LogP contribution is 2.46. The van der Waals surface area contributed by atoms with Crippen molar-refractivity contribution in [2.45, 2.75) is 0 Å². The normalized spacial score (nSPS) is 11.3. The fourth-order valence-corrected chi connectivity index (χ4v) is 18.7. The molecule has 0 aliphatic carbocycles. The summed E-state index contributed by atoms with van der Waals surface area (Å²) >= 11 is 0. The molecule has 12 nitrogen and oxygen atoms in total. The monoisotopic (exact) mass is 1790 g/mol. The van der Waals surface area contributed by atoms with E-state index in [-0.39, 0.29) is 0 Å². The summed E-state index contributed by atoms with van der Waals surface area (Å²) in [7, 11) is 0. The Hall–Kier alpha value is -19.0. The zero-order valence-electron chi connectivity index (χ0n) is 75.6. The van der Waals surface area contributed by atoms with Crippen LogP contribution in [0.15, 0.2) is 515 Å². The van der Waals surface area contributed by atoms with Crippen LogP contribution < -0.4 is 0 Å². The van der Waals surface area contributed by atoms with Crippen LogP contribution in [0.5, 0.6) is 0 Å². The number of hydrogen-bond acceptors (Lipinski definition) is 12. The van der Waals surface area contributed by atoms with E-state index in [1.165, 1.54) is 16.3 Å². The van der Waals surface area contributed by atoms with E-state index in [1.54, 1.807) is 0 Å². The Morgan fingerprint density at radius 3 is 0.729 bits per heavy atom. The molecule has 140 heavy (non-hydrogen) atoms. The summed E-state index contributed by atoms with van der Waals surface area (Å²) in [6, 6.07) is 170. The lowest BCUT2D eigenvalue weighted by Gasteiger charge is -2.12. The second-order valence-electron chi connectivity index (χ2n) is 34.3. The third-order valence-electron chi connectivity index (χ3n) is 25.4. The van der Waals surface area contributed by atoms with Gasteiger partial charge in [-0.15, -0.1) is 0 Å². The van der Waals surface area contributed by atoms with Crippen molar-refractivity contribution in [2.75, 3.05) is 0 Å². The summed E-state index contributed by atoms with van der Waals surface area (Å²) < 4.78 is 24.9. The number of furan rings is 4. The molecule has 658 valence electrons. The smallest absolute Gasteiger partial charge is 0.231 e. The minimum Gasteiger partial charge on any atom is -0.438 e. The standard InChI is InChI=1S/3C34H22N2O.C26H16N2O/c1-4-12-23(13-5-1)26-20-27(24-14-6-2-7-15-24)22-28(21-26)32-31-29-18-10-11-19-30(29)37-34(31)36-33(35-32)25-16-8-3-9-17-25;1-4-12-23(13-5-1)26-20-27(24-14-6-2-7-15-24)22-28(21-26)33-35-32(25-16-8-3-9-17-25)31-29-18-10-11-19-30(29)37-34(31)36-33;1-3-11-23(12-4-1)25-15-9-17-27(21-25)32-31-29-19-7-8-20-30(29)37-34(31)36-33(35-32)28-18-10-16-26(22-28)24-13-5-2-6-14-24;1-2-10-18(11-3-1)25-27-24(20-15-8-12-17-9-4-5-13-19(17)20)23-21-14-6-7-16-22(21)29-26(23)28-25/h3*1-22H;1-16H. The Kier molecular flexibility index (Phi) is 22.5. The molecule has 0 aliphatic heterocycles. The fraction of sp³-hybridized carbons (Fsp3) is 0. The van der Waals surface area contributed by atoms with E-state index in [4.69, 9.17) is 57.5 Å². The molecule has 0 atom stereocenters. The number of nitrogens with zero attached hydrogens (tertiary/aromatic N) is 8. The average Bonchev–Trinajstić information content (AvgIpc) is 1.34. The van der Waals surface area contributed by atoms with Gasteiger partial charge in [-0.3, -0.25) is 0 Å². The molecule has 0 bridgehead atoms. The van der Waals surface area contributed by atoms with Crippen molar-refractivity contribution in [1.82, 2.24) is 39.9 Å². The molecule has 8 heterocycles. The van der Waals surface area contributed by atoms with Gasteiger partial charge in [-0.05, 0) is 150 Å². The van der Waals surface area contributed by atoms with Crippen molar-refractivity contribution in [1.29, 1.82) is 0 Å². The maximum Gasteiger partial charge on any atom is 0.231 e. The first-order valence-electron chi connectivity index (χ1n) is 46.6. The summed E-state index contributed by atoms with van der Waals surface area (Å²) in [5.41, 5.74) is 30.8. The van der Waals surface area contributed by atoms with Crippen LogP contribution in [-0.2, 0) is 0 Å². The van der Waals surface area contributed by atoms with Gasteiger partial charge in [0.1, 0.15) is 22.3 Å². The molecule has 0 saturated carbocycles. The highest BCUT2D eigenvalue weighted by Gasteiger charge is 2.26. The largest absolute Gasteiger partial charge is 0.438 e.